The minimum absolute atomic E-state index is 0.216. The lowest BCUT2D eigenvalue weighted by molar-refractivity contribution is -0.163. The quantitative estimate of drug-likeness (QED) is 0.833. The third kappa shape index (κ3) is 1.87. The van der Waals surface area contributed by atoms with Crippen molar-refractivity contribution in [2.24, 2.45) is 23.2 Å². The van der Waals surface area contributed by atoms with Crippen molar-refractivity contribution in [3.05, 3.63) is 0 Å². The molecule has 1 heterocycles. The van der Waals surface area contributed by atoms with Gasteiger partial charge < -0.3 is 10.1 Å². The maximum Gasteiger partial charge on any atom is 0.231 e. The molecule has 0 spiro atoms. The van der Waals surface area contributed by atoms with Crippen molar-refractivity contribution < 1.29 is 9.53 Å². The fraction of sp³-hybridized carbons (Fsp3) is 0.933. The lowest BCUT2D eigenvalue weighted by Crippen LogP contribution is -2.56. The van der Waals surface area contributed by atoms with Crippen molar-refractivity contribution in [2.45, 2.75) is 52.0 Å². The second-order valence-electron chi connectivity index (χ2n) is 6.73. The maximum atomic E-state index is 12.4. The van der Waals surface area contributed by atoms with E-state index in [1.54, 1.807) is 0 Å². The van der Waals surface area contributed by atoms with Crippen LogP contribution in [0.1, 0.15) is 46.0 Å². The highest BCUT2D eigenvalue weighted by Crippen LogP contribution is 2.49. The predicted octanol–water partition coefficient (Wildman–Crippen LogP) is 2.35. The molecule has 0 aromatic rings. The smallest absolute Gasteiger partial charge is 0.231 e. The summed E-state index contributed by atoms with van der Waals surface area (Å²) >= 11 is 0. The van der Waals surface area contributed by atoms with Crippen molar-refractivity contribution in [3.8, 4) is 0 Å². The molecule has 4 atom stereocenters. The second kappa shape index (κ2) is 4.52. The maximum absolute atomic E-state index is 12.4. The zero-order chi connectivity index (χ0) is 12.8. The Morgan fingerprint density at radius 2 is 2.17 bits per heavy atom. The highest BCUT2D eigenvalue weighted by atomic mass is 16.5. The van der Waals surface area contributed by atoms with Gasteiger partial charge in [-0.05, 0) is 50.4 Å². The molecule has 1 saturated heterocycles. The van der Waals surface area contributed by atoms with E-state index in [0.717, 1.165) is 24.2 Å². The first-order chi connectivity index (χ1) is 8.64. The van der Waals surface area contributed by atoms with Gasteiger partial charge in [-0.25, -0.2) is 0 Å². The zero-order valence-electron chi connectivity index (χ0n) is 11.6. The first-order valence-corrected chi connectivity index (χ1v) is 7.53. The normalized spacial score (nSPS) is 38.2. The highest BCUT2D eigenvalue weighted by Gasteiger charge is 2.47. The highest BCUT2D eigenvalue weighted by molar-refractivity contribution is 5.84. The molecule has 1 N–H and O–H groups in total. The van der Waals surface area contributed by atoms with Gasteiger partial charge in [-0.2, -0.15) is 0 Å². The van der Waals surface area contributed by atoms with E-state index >= 15 is 0 Å². The third-order valence-corrected chi connectivity index (χ3v) is 5.71. The first-order valence-electron chi connectivity index (χ1n) is 7.53. The molecule has 4 unspecified atom stereocenters. The summed E-state index contributed by atoms with van der Waals surface area (Å²) in [6, 6.07) is 0.344. The number of hydrogen-bond donors (Lipinski definition) is 1. The fourth-order valence-electron chi connectivity index (χ4n) is 4.22. The van der Waals surface area contributed by atoms with Crippen LogP contribution in [0.4, 0.5) is 0 Å². The Balaban J connectivity index is 1.57. The van der Waals surface area contributed by atoms with Gasteiger partial charge in [0.15, 0.2) is 0 Å². The summed E-state index contributed by atoms with van der Waals surface area (Å²) in [7, 11) is 0. The monoisotopic (exact) mass is 251 g/mol. The number of rotatable bonds is 4. The standard InChI is InChI=1S/C15H25NO2/c1-3-15(8-18-9-15)14(17)16-10(2)13-7-11-4-5-12(13)6-11/h10-13H,3-9H2,1-2H3,(H,16,17). The van der Waals surface area contributed by atoms with E-state index < -0.39 is 0 Å². The summed E-state index contributed by atoms with van der Waals surface area (Å²) in [5.74, 6) is 2.78. The molecule has 2 saturated carbocycles. The molecular formula is C15H25NO2. The van der Waals surface area contributed by atoms with Gasteiger partial charge in [0.2, 0.25) is 5.91 Å². The number of nitrogens with one attached hydrogen (secondary N) is 1. The molecular weight excluding hydrogens is 226 g/mol. The van der Waals surface area contributed by atoms with Crippen molar-refractivity contribution in [3.63, 3.8) is 0 Å². The minimum atomic E-state index is -0.216. The van der Waals surface area contributed by atoms with Crippen LogP contribution in [0.15, 0.2) is 0 Å². The van der Waals surface area contributed by atoms with Crippen LogP contribution in [0.2, 0.25) is 0 Å². The summed E-state index contributed by atoms with van der Waals surface area (Å²) in [6.07, 6.45) is 6.45. The second-order valence-corrected chi connectivity index (χ2v) is 6.73. The Bertz CT molecular complexity index is 332. The Morgan fingerprint density at radius 3 is 2.61 bits per heavy atom. The molecule has 0 radical (unpaired) electrons. The van der Waals surface area contributed by atoms with E-state index in [0.29, 0.717) is 19.3 Å². The first kappa shape index (κ1) is 12.5. The van der Waals surface area contributed by atoms with Gasteiger partial charge in [-0.1, -0.05) is 13.3 Å². The number of ether oxygens (including phenoxy) is 1. The van der Waals surface area contributed by atoms with E-state index in [4.69, 9.17) is 4.74 Å². The molecule has 2 bridgehead atoms. The van der Waals surface area contributed by atoms with E-state index in [-0.39, 0.29) is 11.3 Å². The summed E-state index contributed by atoms with van der Waals surface area (Å²) in [4.78, 5) is 12.4. The summed E-state index contributed by atoms with van der Waals surface area (Å²) in [5.41, 5.74) is -0.216. The lowest BCUT2D eigenvalue weighted by Gasteiger charge is -2.40. The number of amides is 1. The van der Waals surface area contributed by atoms with Gasteiger partial charge in [0.25, 0.3) is 0 Å². The van der Waals surface area contributed by atoms with Crippen LogP contribution < -0.4 is 5.32 Å². The Morgan fingerprint density at radius 1 is 1.39 bits per heavy atom. The zero-order valence-corrected chi connectivity index (χ0v) is 11.6. The van der Waals surface area contributed by atoms with Crippen LogP contribution in [-0.2, 0) is 9.53 Å². The van der Waals surface area contributed by atoms with Crippen LogP contribution in [0.25, 0.3) is 0 Å². The molecule has 3 fully saturated rings. The molecule has 0 aromatic carbocycles. The number of carbonyl (C=O) groups excluding carboxylic acids is 1. The molecule has 2 aliphatic carbocycles. The van der Waals surface area contributed by atoms with Gasteiger partial charge in [0, 0.05) is 6.04 Å². The van der Waals surface area contributed by atoms with Gasteiger partial charge in [-0.15, -0.1) is 0 Å². The summed E-state index contributed by atoms with van der Waals surface area (Å²) in [5, 5.41) is 3.28. The average molecular weight is 251 g/mol. The molecule has 3 rings (SSSR count). The van der Waals surface area contributed by atoms with Crippen molar-refractivity contribution in [2.75, 3.05) is 13.2 Å². The molecule has 3 heteroatoms. The van der Waals surface area contributed by atoms with Crippen LogP contribution >= 0.6 is 0 Å². The largest absolute Gasteiger partial charge is 0.379 e. The third-order valence-electron chi connectivity index (χ3n) is 5.71. The SMILES string of the molecule is CCC1(C(=O)NC(C)C2CC3CCC2C3)COC1. The Labute approximate surface area is 110 Å². The van der Waals surface area contributed by atoms with E-state index in [9.17, 15) is 4.79 Å². The van der Waals surface area contributed by atoms with Crippen molar-refractivity contribution in [1.82, 2.24) is 5.32 Å². The van der Waals surface area contributed by atoms with Crippen LogP contribution in [-0.4, -0.2) is 25.2 Å². The Hall–Kier alpha value is -0.570. The molecule has 18 heavy (non-hydrogen) atoms. The predicted molar refractivity (Wildman–Crippen MR) is 70.1 cm³/mol. The molecule has 1 aliphatic heterocycles. The van der Waals surface area contributed by atoms with E-state index in [1.807, 2.05) is 0 Å². The minimum Gasteiger partial charge on any atom is -0.379 e. The summed E-state index contributed by atoms with van der Waals surface area (Å²) in [6.45, 7) is 5.51. The molecule has 0 aromatic heterocycles. The van der Waals surface area contributed by atoms with Crippen molar-refractivity contribution >= 4 is 5.91 Å². The van der Waals surface area contributed by atoms with Crippen LogP contribution in [0.5, 0.6) is 0 Å². The summed E-state index contributed by atoms with van der Waals surface area (Å²) < 4.78 is 5.25. The number of fused-ring (bicyclic) bond motifs is 2. The molecule has 102 valence electrons. The fourth-order valence-corrected chi connectivity index (χ4v) is 4.22. The lowest BCUT2D eigenvalue weighted by atomic mass is 9.80. The van der Waals surface area contributed by atoms with Gasteiger partial charge in [0.05, 0.1) is 18.6 Å². The molecule has 3 nitrogen and oxygen atoms in total. The number of hydrogen-bond acceptors (Lipinski definition) is 2. The van der Waals surface area contributed by atoms with E-state index in [2.05, 4.69) is 19.2 Å². The van der Waals surface area contributed by atoms with Gasteiger partial charge in [0.1, 0.15) is 0 Å². The molecule has 3 aliphatic rings. The van der Waals surface area contributed by atoms with Crippen LogP contribution in [0, 0.1) is 23.2 Å². The average Bonchev–Trinajstić information content (AvgIpc) is 2.89. The molecule has 1 amide bonds. The Kier molecular flexibility index (Phi) is 3.13. The topological polar surface area (TPSA) is 38.3 Å². The number of carbonyl (C=O) groups is 1. The van der Waals surface area contributed by atoms with Crippen molar-refractivity contribution in [1.29, 1.82) is 0 Å². The van der Waals surface area contributed by atoms with E-state index in [1.165, 1.54) is 25.7 Å². The van der Waals surface area contributed by atoms with Gasteiger partial charge >= 0.3 is 0 Å². The van der Waals surface area contributed by atoms with Gasteiger partial charge in [-0.3, -0.25) is 4.79 Å². The van der Waals surface area contributed by atoms with Crippen LogP contribution in [0.3, 0.4) is 0 Å².